The second kappa shape index (κ2) is 7.21. The summed E-state index contributed by atoms with van der Waals surface area (Å²) >= 11 is 0. The first kappa shape index (κ1) is 17.4. The van der Waals surface area contributed by atoms with E-state index in [0.29, 0.717) is 5.92 Å². The molecule has 134 valence electrons. The van der Waals surface area contributed by atoms with Gasteiger partial charge in [-0.05, 0) is 55.0 Å². The van der Waals surface area contributed by atoms with Crippen LogP contribution in [0.2, 0.25) is 0 Å². The number of hydrogen-bond acceptors (Lipinski definition) is 4. The topological polar surface area (TPSA) is 45.6 Å². The number of alkyl halides is 3. The van der Waals surface area contributed by atoms with Crippen LogP contribution in [0.3, 0.4) is 0 Å². The number of aromatic hydroxyl groups is 1. The average molecular weight is 352 g/mol. The van der Waals surface area contributed by atoms with Gasteiger partial charge in [-0.25, -0.2) is 4.98 Å². The molecule has 1 aliphatic heterocycles. The molecule has 1 saturated heterocycles. The summed E-state index contributed by atoms with van der Waals surface area (Å²) in [5, 5.41) is 9.29. The van der Waals surface area contributed by atoms with E-state index in [1.807, 2.05) is 0 Å². The summed E-state index contributed by atoms with van der Waals surface area (Å²) in [6, 6.07) is 9.52. The predicted molar refractivity (Wildman–Crippen MR) is 87.7 cm³/mol. The third-order valence-electron chi connectivity index (χ3n) is 4.35. The third-order valence-corrected chi connectivity index (χ3v) is 4.35. The molecule has 2 aromatic rings. The molecule has 0 bridgehead atoms. The highest BCUT2D eigenvalue weighted by Crippen LogP contribution is 2.27. The van der Waals surface area contributed by atoms with Crippen molar-refractivity contribution in [3.8, 4) is 11.5 Å². The molecule has 0 unspecified atom stereocenters. The van der Waals surface area contributed by atoms with E-state index in [9.17, 15) is 18.3 Å². The lowest BCUT2D eigenvalue weighted by Crippen LogP contribution is -2.34. The molecule has 4 nitrogen and oxygen atoms in total. The Morgan fingerprint density at radius 1 is 1.08 bits per heavy atom. The summed E-state index contributed by atoms with van der Waals surface area (Å²) in [6.45, 7) is 1.75. The molecule has 0 atom stereocenters. The monoisotopic (exact) mass is 352 g/mol. The normalized spacial score (nSPS) is 16.0. The minimum absolute atomic E-state index is 0.150. The van der Waals surface area contributed by atoms with Gasteiger partial charge in [0.05, 0.1) is 6.20 Å². The molecule has 1 fully saturated rings. The zero-order valence-electron chi connectivity index (χ0n) is 13.5. The molecular formula is C18H19F3N2O2. The SMILES string of the molecule is Oc1ccc(N2CCC(Cc3ccc(OC(F)(F)F)cc3)CC2)nc1. The largest absolute Gasteiger partial charge is 0.573 e. The molecular weight excluding hydrogens is 333 g/mol. The van der Waals surface area contributed by atoms with Crippen LogP contribution in [-0.4, -0.2) is 29.5 Å². The number of anilines is 1. The molecule has 1 aliphatic rings. The smallest absolute Gasteiger partial charge is 0.506 e. The van der Waals surface area contributed by atoms with Crippen molar-refractivity contribution in [3.05, 3.63) is 48.2 Å². The fourth-order valence-corrected chi connectivity index (χ4v) is 3.09. The maximum atomic E-state index is 12.2. The summed E-state index contributed by atoms with van der Waals surface area (Å²) in [5.74, 6) is 1.30. The van der Waals surface area contributed by atoms with Crippen LogP contribution in [0, 0.1) is 5.92 Å². The summed E-state index contributed by atoms with van der Waals surface area (Å²) < 4.78 is 40.4. The molecule has 1 N–H and O–H groups in total. The van der Waals surface area contributed by atoms with E-state index in [1.54, 1.807) is 24.3 Å². The fourth-order valence-electron chi connectivity index (χ4n) is 3.09. The van der Waals surface area contributed by atoms with Gasteiger partial charge in [-0.15, -0.1) is 13.2 Å². The Hall–Kier alpha value is -2.44. The quantitative estimate of drug-likeness (QED) is 0.898. The van der Waals surface area contributed by atoms with Crippen LogP contribution in [0.4, 0.5) is 19.0 Å². The second-order valence-electron chi connectivity index (χ2n) is 6.20. The lowest BCUT2D eigenvalue weighted by atomic mass is 9.90. The number of aromatic nitrogens is 1. The molecule has 0 radical (unpaired) electrons. The van der Waals surface area contributed by atoms with E-state index < -0.39 is 6.36 Å². The van der Waals surface area contributed by atoms with Gasteiger partial charge in [0.1, 0.15) is 17.3 Å². The highest BCUT2D eigenvalue weighted by atomic mass is 19.4. The Bertz CT molecular complexity index is 679. The molecule has 2 heterocycles. The summed E-state index contributed by atoms with van der Waals surface area (Å²) in [6.07, 6.45) is -0.404. The van der Waals surface area contributed by atoms with Crippen molar-refractivity contribution in [2.75, 3.05) is 18.0 Å². The lowest BCUT2D eigenvalue weighted by molar-refractivity contribution is -0.274. The lowest BCUT2D eigenvalue weighted by Gasteiger charge is -2.32. The Labute approximate surface area is 143 Å². The standard InChI is InChI=1S/C18H19F3N2O2/c19-18(20,21)25-16-4-1-13(2-5-16)11-14-7-9-23(10-8-14)17-6-3-15(24)12-22-17/h1-6,12,14,24H,7-11H2. The summed E-state index contributed by atoms with van der Waals surface area (Å²) in [7, 11) is 0. The van der Waals surface area contributed by atoms with Crippen molar-refractivity contribution < 1.29 is 23.0 Å². The molecule has 3 rings (SSSR count). The van der Waals surface area contributed by atoms with E-state index in [0.717, 1.165) is 43.7 Å². The fraction of sp³-hybridized carbons (Fsp3) is 0.389. The molecule has 0 aliphatic carbocycles. The maximum absolute atomic E-state index is 12.2. The molecule has 0 amide bonds. The van der Waals surface area contributed by atoms with Crippen molar-refractivity contribution in [2.45, 2.75) is 25.6 Å². The van der Waals surface area contributed by atoms with Gasteiger partial charge in [0.2, 0.25) is 0 Å². The molecule has 0 saturated carbocycles. The van der Waals surface area contributed by atoms with Crippen molar-refractivity contribution in [1.82, 2.24) is 4.98 Å². The zero-order valence-corrected chi connectivity index (χ0v) is 13.5. The van der Waals surface area contributed by atoms with E-state index in [2.05, 4.69) is 14.6 Å². The van der Waals surface area contributed by atoms with Crippen molar-refractivity contribution in [2.24, 2.45) is 5.92 Å². The van der Waals surface area contributed by atoms with Crippen LogP contribution in [0.15, 0.2) is 42.6 Å². The van der Waals surface area contributed by atoms with Gasteiger partial charge in [0.15, 0.2) is 0 Å². The van der Waals surface area contributed by atoms with Crippen LogP contribution < -0.4 is 9.64 Å². The molecule has 1 aromatic carbocycles. The number of ether oxygens (including phenoxy) is 1. The highest BCUT2D eigenvalue weighted by Gasteiger charge is 2.31. The van der Waals surface area contributed by atoms with Gasteiger partial charge >= 0.3 is 6.36 Å². The van der Waals surface area contributed by atoms with Gasteiger partial charge in [-0.2, -0.15) is 0 Å². The van der Waals surface area contributed by atoms with Crippen LogP contribution in [-0.2, 0) is 6.42 Å². The Balaban J connectivity index is 1.51. The number of piperidine rings is 1. The number of pyridine rings is 1. The van der Waals surface area contributed by atoms with Gasteiger partial charge in [0, 0.05) is 13.1 Å². The van der Waals surface area contributed by atoms with Crippen molar-refractivity contribution >= 4 is 5.82 Å². The van der Waals surface area contributed by atoms with Gasteiger partial charge in [0.25, 0.3) is 0 Å². The van der Waals surface area contributed by atoms with Gasteiger partial charge < -0.3 is 14.7 Å². The van der Waals surface area contributed by atoms with Gasteiger partial charge in [-0.3, -0.25) is 0 Å². The Kier molecular flexibility index (Phi) is 5.01. The first-order valence-corrected chi connectivity index (χ1v) is 8.14. The first-order chi connectivity index (χ1) is 11.9. The zero-order chi connectivity index (χ0) is 17.9. The van der Waals surface area contributed by atoms with E-state index >= 15 is 0 Å². The van der Waals surface area contributed by atoms with Crippen LogP contribution in [0.1, 0.15) is 18.4 Å². The number of hydrogen-bond donors (Lipinski definition) is 1. The first-order valence-electron chi connectivity index (χ1n) is 8.14. The predicted octanol–water partition coefficient (Wildman–Crippen LogP) is 4.14. The molecule has 7 heteroatoms. The number of benzene rings is 1. The van der Waals surface area contributed by atoms with E-state index in [4.69, 9.17) is 0 Å². The highest BCUT2D eigenvalue weighted by molar-refractivity contribution is 5.41. The third kappa shape index (κ3) is 5.01. The van der Waals surface area contributed by atoms with Crippen LogP contribution in [0.5, 0.6) is 11.5 Å². The van der Waals surface area contributed by atoms with Gasteiger partial charge in [-0.1, -0.05) is 12.1 Å². The molecule has 0 spiro atoms. The number of rotatable bonds is 4. The number of nitrogens with zero attached hydrogens (tertiary/aromatic N) is 2. The Morgan fingerprint density at radius 3 is 2.32 bits per heavy atom. The van der Waals surface area contributed by atoms with E-state index in [1.165, 1.54) is 18.3 Å². The second-order valence-corrected chi connectivity index (χ2v) is 6.20. The van der Waals surface area contributed by atoms with Crippen LogP contribution in [0.25, 0.3) is 0 Å². The number of halogens is 3. The minimum Gasteiger partial charge on any atom is -0.506 e. The maximum Gasteiger partial charge on any atom is 0.573 e. The Morgan fingerprint density at radius 2 is 1.76 bits per heavy atom. The average Bonchev–Trinajstić information content (AvgIpc) is 2.57. The van der Waals surface area contributed by atoms with Crippen LogP contribution >= 0.6 is 0 Å². The van der Waals surface area contributed by atoms with E-state index in [-0.39, 0.29) is 11.5 Å². The van der Waals surface area contributed by atoms with Crippen molar-refractivity contribution in [1.29, 1.82) is 0 Å². The molecule has 25 heavy (non-hydrogen) atoms. The van der Waals surface area contributed by atoms with Crippen molar-refractivity contribution in [3.63, 3.8) is 0 Å². The minimum atomic E-state index is -4.66. The molecule has 1 aromatic heterocycles. The summed E-state index contributed by atoms with van der Waals surface area (Å²) in [5.41, 5.74) is 1.01. The summed E-state index contributed by atoms with van der Waals surface area (Å²) in [4.78, 5) is 6.40.